The van der Waals surface area contributed by atoms with Crippen LogP contribution in [-0.4, -0.2) is 52.2 Å². The first kappa shape index (κ1) is 17.7. The number of hydrogen-bond acceptors (Lipinski definition) is 7. The van der Waals surface area contributed by atoms with Crippen molar-refractivity contribution in [3.05, 3.63) is 26.2 Å². The molecule has 0 aromatic carbocycles. The van der Waals surface area contributed by atoms with Crippen LogP contribution in [0.3, 0.4) is 0 Å². The van der Waals surface area contributed by atoms with E-state index >= 15 is 0 Å². The molecule has 0 amide bonds. The number of hydrogen-bond donors (Lipinski definition) is 1. The number of nitrogen functional groups attached to an aromatic ring is 1. The van der Waals surface area contributed by atoms with Crippen LogP contribution < -0.4 is 21.9 Å². The average Bonchev–Trinajstić information content (AvgIpc) is 3.07. The highest BCUT2D eigenvalue weighted by atomic mass is 32.1. The Labute approximate surface area is 150 Å². The normalized spacial score (nSPS) is 15.7. The molecule has 1 aliphatic heterocycles. The van der Waals surface area contributed by atoms with Crippen LogP contribution in [0.1, 0.15) is 13.3 Å². The lowest BCUT2D eigenvalue weighted by Gasteiger charge is -2.32. The summed E-state index contributed by atoms with van der Waals surface area (Å²) in [6.07, 6.45) is 0.755. The second-order valence-electron chi connectivity index (χ2n) is 6.36. The summed E-state index contributed by atoms with van der Waals surface area (Å²) in [6.45, 7) is 6.23. The summed E-state index contributed by atoms with van der Waals surface area (Å²) in [5.74, 6) is 0.199. The minimum Gasteiger partial charge on any atom is -0.384 e. The molecular formula is C16H24N6O2S. The summed E-state index contributed by atoms with van der Waals surface area (Å²) < 4.78 is 2.56. The SMILES string of the molecule is CCCn1c(N)c(-c2csc(N3CCN(C)CC3)n2)c(=O)n(C)c1=O. The maximum absolute atomic E-state index is 12.6. The van der Waals surface area contributed by atoms with Gasteiger partial charge in [-0.2, -0.15) is 0 Å². The highest BCUT2D eigenvalue weighted by Crippen LogP contribution is 2.28. The standard InChI is InChI=1S/C16H24N6O2S/c1-4-5-22-13(17)12(14(23)20(3)16(22)24)11-10-25-15(18-11)21-8-6-19(2)7-9-21/h10H,4-9,17H2,1-3H3. The molecule has 1 aliphatic rings. The monoisotopic (exact) mass is 364 g/mol. The molecule has 25 heavy (non-hydrogen) atoms. The van der Waals surface area contributed by atoms with Gasteiger partial charge in [-0.1, -0.05) is 6.92 Å². The molecule has 0 atom stereocenters. The van der Waals surface area contributed by atoms with Crippen LogP contribution >= 0.6 is 11.3 Å². The fourth-order valence-corrected chi connectivity index (χ4v) is 3.86. The average molecular weight is 364 g/mol. The summed E-state index contributed by atoms with van der Waals surface area (Å²) in [7, 11) is 3.58. The molecule has 3 rings (SSSR count). The van der Waals surface area contributed by atoms with E-state index in [9.17, 15) is 9.59 Å². The number of piperazine rings is 1. The fourth-order valence-electron chi connectivity index (χ4n) is 2.99. The Kier molecular flexibility index (Phi) is 4.96. The van der Waals surface area contributed by atoms with E-state index in [1.54, 1.807) is 0 Å². The second kappa shape index (κ2) is 7.01. The molecule has 3 heterocycles. The van der Waals surface area contributed by atoms with Crippen molar-refractivity contribution in [2.75, 3.05) is 43.9 Å². The largest absolute Gasteiger partial charge is 0.384 e. The van der Waals surface area contributed by atoms with E-state index in [4.69, 9.17) is 5.73 Å². The fraction of sp³-hybridized carbons (Fsp3) is 0.562. The quantitative estimate of drug-likeness (QED) is 0.845. The number of thiazole rings is 1. The Morgan fingerprint density at radius 3 is 2.52 bits per heavy atom. The highest BCUT2D eigenvalue weighted by Gasteiger charge is 2.22. The molecule has 1 saturated heterocycles. The van der Waals surface area contributed by atoms with E-state index in [2.05, 4.69) is 21.8 Å². The first-order valence-electron chi connectivity index (χ1n) is 8.42. The van der Waals surface area contributed by atoms with Crippen molar-refractivity contribution in [3.63, 3.8) is 0 Å². The number of anilines is 2. The molecule has 2 aromatic heterocycles. The Balaban J connectivity index is 2.03. The van der Waals surface area contributed by atoms with Gasteiger partial charge in [0.25, 0.3) is 5.56 Å². The van der Waals surface area contributed by atoms with Crippen molar-refractivity contribution in [1.29, 1.82) is 0 Å². The van der Waals surface area contributed by atoms with Gasteiger partial charge in [0, 0.05) is 45.2 Å². The Morgan fingerprint density at radius 2 is 1.88 bits per heavy atom. The number of likely N-dealkylation sites (N-methyl/N-ethyl adjacent to an activating group) is 1. The third-order valence-electron chi connectivity index (χ3n) is 4.55. The third kappa shape index (κ3) is 3.21. The van der Waals surface area contributed by atoms with Crippen molar-refractivity contribution in [1.82, 2.24) is 19.0 Å². The van der Waals surface area contributed by atoms with Crippen LogP contribution in [0.15, 0.2) is 15.0 Å². The summed E-state index contributed by atoms with van der Waals surface area (Å²) in [5.41, 5.74) is 6.24. The molecule has 0 unspecified atom stereocenters. The topological polar surface area (TPSA) is 89.4 Å². The molecule has 0 bridgehead atoms. The van der Waals surface area contributed by atoms with Crippen molar-refractivity contribution in [2.45, 2.75) is 19.9 Å². The molecule has 9 heteroatoms. The zero-order chi connectivity index (χ0) is 18.1. The van der Waals surface area contributed by atoms with Crippen LogP contribution in [0, 0.1) is 0 Å². The zero-order valence-electron chi connectivity index (χ0n) is 14.9. The minimum absolute atomic E-state index is 0.199. The lowest BCUT2D eigenvalue weighted by Crippen LogP contribution is -2.44. The van der Waals surface area contributed by atoms with Crippen LogP contribution in [0.25, 0.3) is 11.3 Å². The van der Waals surface area contributed by atoms with E-state index in [1.165, 1.54) is 23.0 Å². The molecule has 0 radical (unpaired) electrons. The summed E-state index contributed by atoms with van der Waals surface area (Å²) >= 11 is 1.50. The maximum atomic E-state index is 12.6. The number of nitrogens with zero attached hydrogens (tertiary/aromatic N) is 5. The Morgan fingerprint density at radius 1 is 1.20 bits per heavy atom. The summed E-state index contributed by atoms with van der Waals surface area (Å²) in [5, 5.41) is 2.74. The lowest BCUT2D eigenvalue weighted by atomic mass is 10.2. The predicted octanol–water partition coefficient (Wildman–Crippen LogP) is 0.415. The molecule has 8 nitrogen and oxygen atoms in total. The first-order chi connectivity index (χ1) is 11.9. The highest BCUT2D eigenvalue weighted by molar-refractivity contribution is 7.14. The summed E-state index contributed by atoms with van der Waals surface area (Å²) in [6, 6.07) is 0. The van der Waals surface area contributed by atoms with Gasteiger partial charge in [0.05, 0.1) is 5.69 Å². The second-order valence-corrected chi connectivity index (χ2v) is 7.20. The van der Waals surface area contributed by atoms with Gasteiger partial charge in [-0.05, 0) is 13.5 Å². The van der Waals surface area contributed by atoms with Crippen molar-refractivity contribution < 1.29 is 0 Å². The number of nitrogens with two attached hydrogens (primary N) is 1. The van der Waals surface area contributed by atoms with E-state index in [0.717, 1.165) is 42.3 Å². The molecule has 1 fully saturated rings. The Hall–Kier alpha value is -2.13. The third-order valence-corrected chi connectivity index (χ3v) is 5.45. The molecule has 0 spiro atoms. The van der Waals surface area contributed by atoms with E-state index in [-0.39, 0.29) is 11.5 Å². The Bertz CT molecular complexity index is 876. The van der Waals surface area contributed by atoms with Crippen molar-refractivity contribution in [3.8, 4) is 11.3 Å². The molecular weight excluding hydrogens is 340 g/mol. The number of rotatable bonds is 4. The minimum atomic E-state index is -0.398. The summed E-state index contributed by atoms with van der Waals surface area (Å²) in [4.78, 5) is 34.0. The van der Waals surface area contributed by atoms with Gasteiger partial charge in [0.15, 0.2) is 5.13 Å². The van der Waals surface area contributed by atoms with Gasteiger partial charge in [-0.15, -0.1) is 11.3 Å². The van der Waals surface area contributed by atoms with Crippen molar-refractivity contribution >= 4 is 22.3 Å². The van der Waals surface area contributed by atoms with E-state index < -0.39 is 5.56 Å². The van der Waals surface area contributed by atoms with Crippen molar-refractivity contribution in [2.24, 2.45) is 7.05 Å². The first-order valence-corrected chi connectivity index (χ1v) is 9.30. The van der Waals surface area contributed by atoms with Gasteiger partial charge < -0.3 is 15.5 Å². The van der Waals surface area contributed by atoms with Gasteiger partial charge >= 0.3 is 5.69 Å². The predicted molar refractivity (Wildman–Crippen MR) is 101 cm³/mol. The maximum Gasteiger partial charge on any atom is 0.332 e. The van der Waals surface area contributed by atoms with Crippen LogP contribution in [0.4, 0.5) is 10.9 Å². The molecule has 136 valence electrons. The lowest BCUT2D eigenvalue weighted by molar-refractivity contribution is 0.313. The van der Waals surface area contributed by atoms with Crippen LogP contribution in [-0.2, 0) is 13.6 Å². The molecule has 2 N–H and O–H groups in total. The molecule has 0 saturated carbocycles. The molecule has 0 aliphatic carbocycles. The zero-order valence-corrected chi connectivity index (χ0v) is 15.7. The van der Waals surface area contributed by atoms with Gasteiger partial charge in [-0.25, -0.2) is 9.78 Å². The smallest absolute Gasteiger partial charge is 0.332 e. The van der Waals surface area contributed by atoms with E-state index in [0.29, 0.717) is 17.8 Å². The van der Waals surface area contributed by atoms with E-state index in [1.807, 2.05) is 12.3 Å². The van der Waals surface area contributed by atoms with Gasteiger partial charge in [-0.3, -0.25) is 13.9 Å². The van der Waals surface area contributed by atoms with Crippen LogP contribution in [0.2, 0.25) is 0 Å². The van der Waals surface area contributed by atoms with Gasteiger partial charge in [0.2, 0.25) is 0 Å². The number of aromatic nitrogens is 3. The van der Waals surface area contributed by atoms with Crippen LogP contribution in [0.5, 0.6) is 0 Å². The van der Waals surface area contributed by atoms with Gasteiger partial charge in [0.1, 0.15) is 11.4 Å². The molecule has 2 aromatic rings.